The lowest BCUT2D eigenvalue weighted by Gasteiger charge is -2.30. The number of hydrogen-bond acceptors (Lipinski definition) is 3. The average Bonchev–Trinajstić information content (AvgIpc) is 2.76. The largest absolute Gasteiger partial charge is 0.352 e. The van der Waals surface area contributed by atoms with Crippen LogP contribution in [0.5, 0.6) is 0 Å². The van der Waals surface area contributed by atoms with E-state index in [0.29, 0.717) is 36.5 Å². The second-order valence-corrected chi connectivity index (χ2v) is 8.88. The van der Waals surface area contributed by atoms with Gasteiger partial charge in [0.25, 0.3) is 5.91 Å². The van der Waals surface area contributed by atoms with Gasteiger partial charge in [0.15, 0.2) is 0 Å². The Hall–Kier alpha value is -2.37. The highest BCUT2D eigenvalue weighted by Crippen LogP contribution is 2.18. The molecule has 1 aliphatic heterocycles. The first-order valence-electron chi connectivity index (χ1n) is 11.1. The summed E-state index contributed by atoms with van der Waals surface area (Å²) in [7, 11) is 0. The molecule has 0 aliphatic carbocycles. The third kappa shape index (κ3) is 8.00. The molecule has 1 saturated heterocycles. The number of rotatable bonds is 9. The second kappa shape index (κ2) is 11.9. The number of likely N-dealkylation sites (tertiary alicyclic amines) is 1. The van der Waals surface area contributed by atoms with Crippen LogP contribution in [0.4, 0.5) is 0 Å². The lowest BCUT2D eigenvalue weighted by molar-refractivity contribution is -0.121. The summed E-state index contributed by atoms with van der Waals surface area (Å²) in [5.74, 6) is 0.622. The molecule has 2 amide bonds. The summed E-state index contributed by atoms with van der Waals surface area (Å²) < 4.78 is 0. The molecule has 5 nitrogen and oxygen atoms in total. The van der Waals surface area contributed by atoms with Gasteiger partial charge in [-0.2, -0.15) is 0 Å². The highest BCUT2D eigenvalue weighted by Gasteiger charge is 2.16. The zero-order chi connectivity index (χ0) is 22.1. The molecule has 0 aromatic heterocycles. The monoisotopic (exact) mass is 441 g/mol. The van der Waals surface area contributed by atoms with Crippen LogP contribution in [0.2, 0.25) is 5.02 Å². The first-order chi connectivity index (χ1) is 15.0. The van der Waals surface area contributed by atoms with Crippen molar-refractivity contribution in [2.75, 3.05) is 19.6 Å². The number of nitrogens with one attached hydrogen (secondary N) is 2. The molecule has 1 fully saturated rings. The second-order valence-electron chi connectivity index (χ2n) is 8.44. The minimum atomic E-state index is -0.156. The van der Waals surface area contributed by atoms with Gasteiger partial charge in [-0.3, -0.25) is 14.5 Å². The topological polar surface area (TPSA) is 61.4 Å². The molecule has 0 saturated carbocycles. The van der Waals surface area contributed by atoms with Gasteiger partial charge in [0.1, 0.15) is 0 Å². The van der Waals surface area contributed by atoms with Crippen LogP contribution in [0, 0.1) is 5.92 Å². The van der Waals surface area contributed by atoms with Crippen molar-refractivity contribution in [1.29, 1.82) is 0 Å². The Balaban J connectivity index is 1.31. The maximum atomic E-state index is 12.1. The molecule has 0 spiro atoms. The minimum Gasteiger partial charge on any atom is -0.352 e. The van der Waals surface area contributed by atoms with Crippen molar-refractivity contribution in [3.63, 3.8) is 0 Å². The van der Waals surface area contributed by atoms with Crippen molar-refractivity contribution in [3.8, 4) is 0 Å². The Kier molecular flexibility index (Phi) is 8.92. The molecule has 1 atom stereocenters. The molecular weight excluding hydrogens is 410 g/mol. The maximum Gasteiger partial charge on any atom is 0.251 e. The summed E-state index contributed by atoms with van der Waals surface area (Å²) in [6, 6.07) is 15.2. The number of nitrogens with zero attached hydrogens (tertiary/aromatic N) is 1. The number of carbonyl (C=O) groups excluding carboxylic acids is 2. The van der Waals surface area contributed by atoms with E-state index in [4.69, 9.17) is 11.6 Å². The normalized spacial score (nSPS) is 16.6. The fourth-order valence-electron chi connectivity index (χ4n) is 3.89. The van der Waals surface area contributed by atoms with Gasteiger partial charge in [-0.05, 0) is 67.1 Å². The Morgan fingerprint density at radius 2 is 1.74 bits per heavy atom. The Labute approximate surface area is 190 Å². The maximum absolute atomic E-state index is 12.1. The zero-order valence-corrected chi connectivity index (χ0v) is 19.0. The van der Waals surface area contributed by atoms with Crippen LogP contribution < -0.4 is 10.6 Å². The third-order valence-corrected chi connectivity index (χ3v) is 5.88. The van der Waals surface area contributed by atoms with Crippen molar-refractivity contribution < 1.29 is 9.59 Å². The van der Waals surface area contributed by atoms with Crippen LogP contribution in [-0.4, -0.2) is 36.3 Å². The summed E-state index contributed by atoms with van der Waals surface area (Å²) in [5.41, 5.74) is 2.98. The molecule has 1 aliphatic rings. The lowest BCUT2D eigenvalue weighted by Crippen LogP contribution is -2.33. The van der Waals surface area contributed by atoms with Crippen molar-refractivity contribution >= 4 is 23.4 Å². The van der Waals surface area contributed by atoms with Gasteiger partial charge >= 0.3 is 0 Å². The number of piperidine rings is 1. The van der Waals surface area contributed by atoms with E-state index < -0.39 is 0 Å². The van der Waals surface area contributed by atoms with E-state index in [9.17, 15) is 9.59 Å². The first kappa shape index (κ1) is 23.3. The Morgan fingerprint density at radius 3 is 2.45 bits per heavy atom. The number of halogens is 1. The van der Waals surface area contributed by atoms with Gasteiger partial charge in [-0.15, -0.1) is 0 Å². The van der Waals surface area contributed by atoms with Crippen LogP contribution in [0.3, 0.4) is 0 Å². The van der Waals surface area contributed by atoms with E-state index in [1.165, 1.54) is 31.5 Å². The molecule has 1 unspecified atom stereocenters. The Morgan fingerprint density at radius 1 is 1.03 bits per heavy atom. The molecule has 2 aromatic rings. The Bertz CT molecular complexity index is 852. The molecule has 0 bridgehead atoms. The molecule has 3 rings (SSSR count). The van der Waals surface area contributed by atoms with E-state index in [2.05, 4.69) is 46.7 Å². The summed E-state index contributed by atoms with van der Waals surface area (Å²) in [5, 5.41) is 6.38. The van der Waals surface area contributed by atoms with E-state index in [1.807, 2.05) is 0 Å². The molecular formula is C25H32ClN3O2. The van der Waals surface area contributed by atoms with Gasteiger partial charge in [0, 0.05) is 43.2 Å². The first-order valence-corrected chi connectivity index (χ1v) is 11.5. The van der Waals surface area contributed by atoms with Crippen molar-refractivity contribution in [1.82, 2.24) is 15.5 Å². The SMILES string of the molecule is CC1CCCN(Cc2ccc(CNC(=O)CCCNC(=O)c3ccc(Cl)cc3)cc2)C1. The number of carbonyl (C=O) groups is 2. The fourth-order valence-corrected chi connectivity index (χ4v) is 4.02. The van der Waals surface area contributed by atoms with Gasteiger partial charge in [0.05, 0.1) is 0 Å². The van der Waals surface area contributed by atoms with Gasteiger partial charge in [0.2, 0.25) is 5.91 Å². The van der Waals surface area contributed by atoms with Crippen LogP contribution in [-0.2, 0) is 17.9 Å². The van der Waals surface area contributed by atoms with Gasteiger partial charge in [-0.25, -0.2) is 0 Å². The molecule has 2 N–H and O–H groups in total. The smallest absolute Gasteiger partial charge is 0.251 e. The average molecular weight is 442 g/mol. The van der Waals surface area contributed by atoms with E-state index in [1.54, 1.807) is 24.3 Å². The summed E-state index contributed by atoms with van der Waals surface area (Å²) >= 11 is 5.83. The summed E-state index contributed by atoms with van der Waals surface area (Å²) in [6.45, 7) is 6.67. The highest BCUT2D eigenvalue weighted by molar-refractivity contribution is 6.30. The van der Waals surface area contributed by atoms with Gasteiger partial charge < -0.3 is 10.6 Å². The molecule has 6 heteroatoms. The number of amides is 2. The highest BCUT2D eigenvalue weighted by atomic mass is 35.5. The van der Waals surface area contributed by atoms with Crippen molar-refractivity contribution in [2.45, 2.75) is 45.7 Å². The van der Waals surface area contributed by atoms with Crippen molar-refractivity contribution in [2.24, 2.45) is 5.92 Å². The number of hydrogen-bond donors (Lipinski definition) is 2. The predicted molar refractivity (Wildman–Crippen MR) is 125 cm³/mol. The van der Waals surface area contributed by atoms with E-state index in [-0.39, 0.29) is 11.8 Å². The zero-order valence-electron chi connectivity index (χ0n) is 18.2. The minimum absolute atomic E-state index is 0.00729. The van der Waals surface area contributed by atoms with Crippen LogP contribution in [0.25, 0.3) is 0 Å². The standard InChI is InChI=1S/C25H32ClN3O2/c1-19-4-3-15-29(17-19)18-21-8-6-20(7-9-21)16-28-24(30)5-2-14-27-25(31)22-10-12-23(26)13-11-22/h6-13,19H,2-5,14-18H2,1H3,(H,27,31)(H,28,30). The number of benzene rings is 2. The molecule has 2 aromatic carbocycles. The summed E-state index contributed by atoms with van der Waals surface area (Å²) in [6.07, 6.45) is 3.60. The molecule has 1 heterocycles. The predicted octanol–water partition coefficient (Wildman–Crippen LogP) is 4.40. The van der Waals surface area contributed by atoms with Gasteiger partial charge in [-0.1, -0.05) is 42.8 Å². The van der Waals surface area contributed by atoms with Crippen LogP contribution >= 0.6 is 11.6 Å². The fraction of sp³-hybridized carbons (Fsp3) is 0.440. The lowest BCUT2D eigenvalue weighted by atomic mass is 9.99. The van der Waals surface area contributed by atoms with E-state index in [0.717, 1.165) is 18.0 Å². The molecule has 31 heavy (non-hydrogen) atoms. The molecule has 166 valence electrons. The van der Waals surface area contributed by atoms with Crippen LogP contribution in [0.15, 0.2) is 48.5 Å². The van der Waals surface area contributed by atoms with E-state index >= 15 is 0 Å². The summed E-state index contributed by atoms with van der Waals surface area (Å²) in [4.78, 5) is 26.6. The van der Waals surface area contributed by atoms with Crippen molar-refractivity contribution in [3.05, 3.63) is 70.2 Å². The molecule has 0 radical (unpaired) electrons. The van der Waals surface area contributed by atoms with Crippen LogP contribution in [0.1, 0.15) is 54.1 Å². The quantitative estimate of drug-likeness (QED) is 0.567. The third-order valence-electron chi connectivity index (χ3n) is 5.63.